The van der Waals surface area contributed by atoms with Crippen LogP contribution in [0.5, 0.6) is 0 Å². The second-order valence-electron chi connectivity index (χ2n) is 7.28. The van der Waals surface area contributed by atoms with Gasteiger partial charge in [0, 0.05) is 23.9 Å². The zero-order valence-corrected chi connectivity index (χ0v) is 17.2. The maximum atomic E-state index is 13.0. The molecule has 158 valence electrons. The smallest absolute Gasteiger partial charge is 0.262 e. The van der Waals surface area contributed by atoms with E-state index >= 15 is 0 Å². The first-order valence-corrected chi connectivity index (χ1v) is 10.1. The molecule has 5 rings (SSSR count). The Hall–Kier alpha value is -4.46. The highest BCUT2D eigenvalue weighted by Crippen LogP contribution is 2.24. The van der Waals surface area contributed by atoms with Gasteiger partial charge in [0.1, 0.15) is 11.1 Å². The van der Waals surface area contributed by atoms with Crippen LogP contribution in [0.1, 0.15) is 21.7 Å². The van der Waals surface area contributed by atoms with Gasteiger partial charge in [0.25, 0.3) is 11.5 Å². The van der Waals surface area contributed by atoms with E-state index in [4.69, 9.17) is 9.52 Å². The fraction of sp³-hybridized carbons (Fsp3) is 0.0833. The second-order valence-corrected chi connectivity index (χ2v) is 7.28. The predicted octanol–water partition coefficient (Wildman–Crippen LogP) is 3.61. The molecule has 0 saturated carbocycles. The molecule has 2 aromatic carbocycles. The van der Waals surface area contributed by atoms with Gasteiger partial charge in [0.05, 0.1) is 23.3 Å². The monoisotopic (exact) mass is 425 g/mol. The topological polar surface area (TPSA) is 106 Å². The molecule has 1 amide bonds. The van der Waals surface area contributed by atoms with Gasteiger partial charge in [-0.25, -0.2) is 9.67 Å². The number of carbonyl (C=O) groups excluding carboxylic acids is 1. The highest BCUT2D eigenvalue weighted by molar-refractivity contribution is 6.06. The van der Waals surface area contributed by atoms with Gasteiger partial charge in [-0.2, -0.15) is 5.10 Å². The molecule has 0 spiro atoms. The summed E-state index contributed by atoms with van der Waals surface area (Å²) in [4.78, 5) is 31.7. The van der Waals surface area contributed by atoms with Crippen molar-refractivity contribution >= 4 is 17.0 Å². The first kappa shape index (κ1) is 19.5. The summed E-state index contributed by atoms with van der Waals surface area (Å²) in [5.74, 6) is -0.0730. The maximum absolute atomic E-state index is 13.0. The quantitative estimate of drug-likeness (QED) is 0.448. The molecular weight excluding hydrogens is 406 g/mol. The number of benzene rings is 2. The van der Waals surface area contributed by atoms with Crippen molar-refractivity contribution in [2.75, 3.05) is 0 Å². The minimum atomic E-state index is -0.418. The number of amides is 1. The van der Waals surface area contributed by atoms with Crippen LogP contribution in [-0.2, 0) is 6.54 Å². The Labute approximate surface area is 182 Å². The van der Waals surface area contributed by atoms with E-state index in [1.165, 1.54) is 6.33 Å². The number of furan rings is 1. The summed E-state index contributed by atoms with van der Waals surface area (Å²) in [6, 6.07) is 19.5. The fourth-order valence-corrected chi connectivity index (χ4v) is 3.68. The summed E-state index contributed by atoms with van der Waals surface area (Å²) in [5.41, 5.74) is 3.37. The van der Waals surface area contributed by atoms with E-state index in [1.807, 2.05) is 66.9 Å². The lowest BCUT2D eigenvalue weighted by Gasteiger charge is -2.05. The van der Waals surface area contributed by atoms with Gasteiger partial charge in [-0.05, 0) is 19.1 Å². The van der Waals surface area contributed by atoms with Crippen molar-refractivity contribution in [3.05, 3.63) is 100 Å². The van der Waals surface area contributed by atoms with E-state index in [0.717, 1.165) is 22.5 Å². The van der Waals surface area contributed by atoms with E-state index < -0.39 is 11.5 Å². The number of aromatic amines is 1. The molecule has 8 heteroatoms. The summed E-state index contributed by atoms with van der Waals surface area (Å²) in [6.45, 7) is 1.86. The number of aryl methyl sites for hydroxylation is 1. The number of nitrogens with one attached hydrogen (secondary N) is 2. The lowest BCUT2D eigenvalue weighted by molar-refractivity contribution is 0.0951. The SMILES string of the molecule is Cc1oc2nc[nH]c(=O)c2c1C(=O)NCc1cn(-c2ccccc2)nc1-c1ccccc1. The van der Waals surface area contributed by atoms with Gasteiger partial charge in [0.2, 0.25) is 5.71 Å². The molecular formula is C24H19N5O3. The van der Waals surface area contributed by atoms with Crippen molar-refractivity contribution < 1.29 is 9.21 Å². The molecule has 2 N–H and O–H groups in total. The Morgan fingerprint density at radius 2 is 1.81 bits per heavy atom. The van der Waals surface area contributed by atoms with Crippen molar-refractivity contribution in [2.24, 2.45) is 0 Å². The first-order valence-electron chi connectivity index (χ1n) is 10.1. The predicted molar refractivity (Wildman–Crippen MR) is 120 cm³/mol. The number of fused-ring (bicyclic) bond motifs is 1. The molecule has 32 heavy (non-hydrogen) atoms. The van der Waals surface area contributed by atoms with Crippen molar-refractivity contribution in [3.8, 4) is 16.9 Å². The van der Waals surface area contributed by atoms with Crippen LogP contribution >= 0.6 is 0 Å². The van der Waals surface area contributed by atoms with E-state index in [2.05, 4.69) is 15.3 Å². The summed E-state index contributed by atoms with van der Waals surface area (Å²) < 4.78 is 7.29. The van der Waals surface area contributed by atoms with E-state index in [1.54, 1.807) is 11.6 Å². The van der Waals surface area contributed by atoms with Crippen LogP contribution in [0.3, 0.4) is 0 Å². The molecule has 5 aromatic rings. The summed E-state index contributed by atoms with van der Waals surface area (Å²) in [7, 11) is 0. The molecule has 0 bridgehead atoms. The van der Waals surface area contributed by atoms with Gasteiger partial charge < -0.3 is 14.7 Å². The number of hydrogen-bond acceptors (Lipinski definition) is 5. The highest BCUT2D eigenvalue weighted by Gasteiger charge is 2.22. The third-order valence-electron chi connectivity index (χ3n) is 5.19. The molecule has 0 aliphatic carbocycles. The van der Waals surface area contributed by atoms with Gasteiger partial charge in [-0.1, -0.05) is 48.5 Å². The standard InChI is InChI=1S/C24H19N5O3/c1-15-19(20-23(31)26-14-27-24(20)32-15)22(30)25-12-17-13-29(18-10-6-3-7-11-18)28-21(17)16-8-4-2-5-9-16/h2-11,13-14H,12H2,1H3,(H,25,30)(H,26,27,31). The summed E-state index contributed by atoms with van der Waals surface area (Å²) in [6.07, 6.45) is 3.14. The number of hydrogen-bond donors (Lipinski definition) is 2. The lowest BCUT2D eigenvalue weighted by Crippen LogP contribution is -2.24. The average Bonchev–Trinajstić information content (AvgIpc) is 3.40. The molecule has 0 aliphatic heterocycles. The zero-order chi connectivity index (χ0) is 22.1. The number of rotatable bonds is 5. The summed E-state index contributed by atoms with van der Waals surface area (Å²) >= 11 is 0. The number of aromatic nitrogens is 4. The van der Waals surface area contributed by atoms with Crippen molar-refractivity contribution in [1.82, 2.24) is 25.1 Å². The largest absolute Gasteiger partial charge is 0.442 e. The first-order chi connectivity index (χ1) is 15.6. The van der Waals surface area contributed by atoms with Crippen molar-refractivity contribution in [3.63, 3.8) is 0 Å². The molecule has 0 unspecified atom stereocenters. The normalized spacial score (nSPS) is 11.0. The minimum Gasteiger partial charge on any atom is -0.442 e. The molecule has 0 saturated heterocycles. The molecule has 8 nitrogen and oxygen atoms in total. The fourth-order valence-electron chi connectivity index (χ4n) is 3.68. The van der Waals surface area contributed by atoms with Gasteiger partial charge in [0.15, 0.2) is 0 Å². The van der Waals surface area contributed by atoms with Crippen LogP contribution in [0, 0.1) is 6.92 Å². The van der Waals surface area contributed by atoms with Crippen LogP contribution in [-0.4, -0.2) is 25.7 Å². The van der Waals surface area contributed by atoms with Crippen LogP contribution in [0.15, 0.2) is 82.4 Å². The van der Waals surface area contributed by atoms with E-state index in [-0.39, 0.29) is 23.2 Å². The van der Waals surface area contributed by atoms with Crippen LogP contribution in [0.25, 0.3) is 28.0 Å². The van der Waals surface area contributed by atoms with E-state index in [0.29, 0.717) is 5.76 Å². The molecule has 3 heterocycles. The molecule has 3 aromatic heterocycles. The Morgan fingerprint density at radius 3 is 2.56 bits per heavy atom. The van der Waals surface area contributed by atoms with Gasteiger partial charge in [-0.3, -0.25) is 9.59 Å². The number of H-pyrrole nitrogens is 1. The minimum absolute atomic E-state index is 0.137. The second kappa shape index (κ2) is 7.99. The summed E-state index contributed by atoms with van der Waals surface area (Å²) in [5, 5.41) is 7.80. The van der Waals surface area contributed by atoms with Crippen LogP contribution in [0.2, 0.25) is 0 Å². The highest BCUT2D eigenvalue weighted by atomic mass is 16.3. The van der Waals surface area contributed by atoms with Crippen LogP contribution in [0.4, 0.5) is 0 Å². The Kier molecular flexibility index (Phi) is 4.87. The van der Waals surface area contributed by atoms with Gasteiger partial charge >= 0.3 is 0 Å². The van der Waals surface area contributed by atoms with Crippen molar-refractivity contribution in [2.45, 2.75) is 13.5 Å². The van der Waals surface area contributed by atoms with E-state index in [9.17, 15) is 9.59 Å². The molecule has 0 radical (unpaired) electrons. The third kappa shape index (κ3) is 3.47. The number of nitrogens with zero attached hydrogens (tertiary/aromatic N) is 3. The maximum Gasteiger partial charge on any atom is 0.262 e. The Balaban J connectivity index is 1.49. The molecule has 0 atom stereocenters. The Bertz CT molecular complexity index is 1470. The molecule has 0 aliphatic rings. The van der Waals surface area contributed by atoms with Gasteiger partial charge in [-0.15, -0.1) is 0 Å². The van der Waals surface area contributed by atoms with Crippen molar-refractivity contribution in [1.29, 1.82) is 0 Å². The Morgan fingerprint density at radius 1 is 1.09 bits per heavy atom. The lowest BCUT2D eigenvalue weighted by atomic mass is 10.1. The third-order valence-corrected chi connectivity index (χ3v) is 5.19. The average molecular weight is 425 g/mol. The zero-order valence-electron chi connectivity index (χ0n) is 17.2. The molecule has 0 fully saturated rings. The number of carbonyl (C=O) groups is 1. The van der Waals surface area contributed by atoms with Crippen LogP contribution < -0.4 is 10.9 Å². The number of para-hydroxylation sites is 1.